The summed E-state index contributed by atoms with van der Waals surface area (Å²) in [5, 5.41) is 10.5. The van der Waals surface area contributed by atoms with Crippen molar-refractivity contribution in [3.8, 4) is 16.9 Å². The van der Waals surface area contributed by atoms with Crippen LogP contribution in [-0.4, -0.2) is 39.5 Å². The maximum atomic E-state index is 13.4. The quantitative estimate of drug-likeness (QED) is 0.217. The first-order valence-electron chi connectivity index (χ1n) is 12.8. The van der Waals surface area contributed by atoms with Gasteiger partial charge in [-0.25, -0.2) is 4.79 Å². The van der Waals surface area contributed by atoms with E-state index in [1.165, 1.54) is 6.20 Å². The number of aryl methyl sites for hydroxylation is 1. The van der Waals surface area contributed by atoms with E-state index >= 15 is 0 Å². The molecule has 2 aromatic heterocycles. The molecule has 4 rings (SSSR count). The highest BCUT2D eigenvalue weighted by atomic mass is 19.4. The Bertz CT molecular complexity index is 1540. The molecule has 1 amide bonds. The number of ether oxygens (including phenoxy) is 2. The second-order valence-electron chi connectivity index (χ2n) is 10.8. The number of pyridine rings is 1. The van der Waals surface area contributed by atoms with Crippen LogP contribution in [0.5, 0.6) is 5.75 Å². The Labute approximate surface area is 237 Å². The highest BCUT2D eigenvalue weighted by molar-refractivity contribution is 5.86. The summed E-state index contributed by atoms with van der Waals surface area (Å²) in [7, 11) is 0. The van der Waals surface area contributed by atoms with Gasteiger partial charge in [0.2, 0.25) is 0 Å². The van der Waals surface area contributed by atoms with E-state index < -0.39 is 47.6 Å². The summed E-state index contributed by atoms with van der Waals surface area (Å²) in [4.78, 5) is 16.7. The lowest BCUT2D eigenvalue weighted by Crippen LogP contribution is -2.43. The molecule has 0 saturated carbocycles. The van der Waals surface area contributed by atoms with Crippen LogP contribution in [0.4, 0.5) is 31.1 Å². The zero-order valence-electron chi connectivity index (χ0n) is 23.1. The largest absolute Gasteiger partial charge is 0.490 e. The van der Waals surface area contributed by atoms with Crippen molar-refractivity contribution in [2.75, 3.05) is 6.61 Å². The number of nitrogens with one attached hydrogen (secondary N) is 2. The SMILES string of the molecule is Cc1[nH]nc2ccc(-c3cncc(OC[C@H](Cc4cc(C(F)(F)F)cc(C(F)(F)F)c4)NC(=O)OC(C)(C)C)c3)cc12. The van der Waals surface area contributed by atoms with Gasteiger partial charge in [0, 0.05) is 22.8 Å². The van der Waals surface area contributed by atoms with Crippen LogP contribution in [0.15, 0.2) is 54.9 Å². The number of alkyl carbamates (subject to hydrolysis) is 1. The normalized spacial score (nSPS) is 13.2. The first-order chi connectivity index (χ1) is 19.5. The van der Waals surface area contributed by atoms with Crippen LogP contribution in [0, 0.1) is 6.92 Å². The molecule has 42 heavy (non-hydrogen) atoms. The zero-order valence-corrected chi connectivity index (χ0v) is 23.1. The van der Waals surface area contributed by atoms with Gasteiger partial charge in [-0.05, 0) is 81.6 Å². The Morgan fingerprint density at radius 3 is 2.21 bits per heavy atom. The van der Waals surface area contributed by atoms with Crippen molar-refractivity contribution in [1.82, 2.24) is 20.5 Å². The molecule has 0 aliphatic rings. The summed E-state index contributed by atoms with van der Waals surface area (Å²) < 4.78 is 91.5. The van der Waals surface area contributed by atoms with Gasteiger partial charge in [-0.3, -0.25) is 10.1 Å². The molecule has 0 bridgehead atoms. The number of aromatic amines is 1. The molecular formula is C29H28F6N4O3. The van der Waals surface area contributed by atoms with Gasteiger partial charge in [0.25, 0.3) is 0 Å². The average molecular weight is 595 g/mol. The van der Waals surface area contributed by atoms with Crippen molar-refractivity contribution in [2.45, 2.75) is 58.1 Å². The van der Waals surface area contributed by atoms with Crippen LogP contribution in [0.1, 0.15) is 43.2 Å². The van der Waals surface area contributed by atoms with E-state index in [9.17, 15) is 31.1 Å². The molecule has 2 N–H and O–H groups in total. The van der Waals surface area contributed by atoms with Crippen molar-refractivity contribution >= 4 is 17.0 Å². The minimum absolute atomic E-state index is 0.0514. The predicted octanol–water partition coefficient (Wildman–Crippen LogP) is 7.49. The number of rotatable bonds is 7. The van der Waals surface area contributed by atoms with Crippen molar-refractivity contribution in [3.05, 3.63) is 77.2 Å². The number of carbonyl (C=O) groups excluding carboxylic acids is 1. The molecule has 7 nitrogen and oxygen atoms in total. The van der Waals surface area contributed by atoms with Gasteiger partial charge in [0.15, 0.2) is 0 Å². The number of carbonyl (C=O) groups is 1. The Kier molecular flexibility index (Phi) is 8.42. The van der Waals surface area contributed by atoms with E-state index in [-0.39, 0.29) is 24.0 Å². The van der Waals surface area contributed by atoms with Crippen molar-refractivity contribution in [2.24, 2.45) is 0 Å². The molecule has 224 valence electrons. The summed E-state index contributed by atoms with van der Waals surface area (Å²) >= 11 is 0. The Morgan fingerprint density at radius 2 is 1.60 bits per heavy atom. The first kappa shape index (κ1) is 30.7. The number of H-pyrrole nitrogens is 1. The third-order valence-electron chi connectivity index (χ3n) is 6.09. The summed E-state index contributed by atoms with van der Waals surface area (Å²) in [6.45, 7) is 6.42. The van der Waals surface area contributed by atoms with Gasteiger partial charge in [0.05, 0.1) is 28.9 Å². The van der Waals surface area contributed by atoms with Gasteiger partial charge < -0.3 is 14.8 Å². The molecule has 2 aromatic carbocycles. The number of alkyl halides is 6. The zero-order chi connectivity index (χ0) is 30.9. The average Bonchev–Trinajstić information content (AvgIpc) is 3.25. The number of hydrogen-bond acceptors (Lipinski definition) is 5. The van der Waals surface area contributed by atoms with E-state index in [0.29, 0.717) is 17.7 Å². The lowest BCUT2D eigenvalue weighted by atomic mass is 9.99. The first-order valence-corrected chi connectivity index (χ1v) is 12.8. The molecule has 0 spiro atoms. The molecule has 2 heterocycles. The van der Waals surface area contributed by atoms with Crippen molar-refractivity contribution in [3.63, 3.8) is 0 Å². The Balaban J connectivity index is 1.59. The molecular weight excluding hydrogens is 566 g/mol. The van der Waals surface area contributed by atoms with Gasteiger partial charge >= 0.3 is 18.4 Å². The molecule has 4 aromatic rings. The van der Waals surface area contributed by atoms with E-state index in [1.807, 2.05) is 25.1 Å². The monoisotopic (exact) mass is 594 g/mol. The van der Waals surface area contributed by atoms with Crippen LogP contribution in [-0.2, 0) is 23.5 Å². The number of halogens is 6. The fourth-order valence-electron chi connectivity index (χ4n) is 4.22. The van der Waals surface area contributed by atoms with Crippen molar-refractivity contribution in [1.29, 1.82) is 0 Å². The molecule has 1 atom stereocenters. The molecule has 0 radical (unpaired) electrons. The number of amides is 1. The predicted molar refractivity (Wildman–Crippen MR) is 143 cm³/mol. The summed E-state index contributed by atoms with van der Waals surface area (Å²) in [5.41, 5.74) is -0.921. The molecule has 0 saturated heterocycles. The number of fused-ring (bicyclic) bond motifs is 1. The lowest BCUT2D eigenvalue weighted by molar-refractivity contribution is -0.143. The van der Waals surface area contributed by atoms with Gasteiger partial charge in [-0.15, -0.1) is 0 Å². The third-order valence-corrected chi connectivity index (χ3v) is 6.09. The molecule has 0 fully saturated rings. The number of aromatic nitrogens is 3. The van der Waals surface area contributed by atoms with E-state index in [2.05, 4.69) is 20.5 Å². The maximum absolute atomic E-state index is 13.4. The minimum Gasteiger partial charge on any atom is -0.490 e. The van der Waals surface area contributed by atoms with Gasteiger partial charge in [0.1, 0.15) is 18.0 Å². The standard InChI is InChI=1S/C29H28F6N4O3/c1-16-24-11-18(5-6-25(24)39-38-16)19-10-23(14-36-13-19)41-15-22(37-26(40)42-27(2,3)4)9-17-7-20(28(30,31)32)12-21(8-17)29(33,34)35/h5-8,10-14,22H,9,15H2,1-4H3,(H,37,40)(H,38,39)/t22-/m0/s1. The highest BCUT2D eigenvalue weighted by Gasteiger charge is 2.37. The van der Waals surface area contributed by atoms with Crippen molar-refractivity contribution < 1.29 is 40.6 Å². The van der Waals surface area contributed by atoms with Gasteiger partial charge in [-0.2, -0.15) is 31.4 Å². The summed E-state index contributed by atoms with van der Waals surface area (Å²) in [6, 6.07) is 7.53. The number of nitrogens with zero attached hydrogens (tertiary/aromatic N) is 2. The fourth-order valence-corrected chi connectivity index (χ4v) is 4.22. The van der Waals surface area contributed by atoms with Crippen LogP contribution >= 0.6 is 0 Å². The Morgan fingerprint density at radius 1 is 0.929 bits per heavy atom. The molecule has 0 aliphatic heterocycles. The summed E-state index contributed by atoms with van der Waals surface area (Å²) in [5.74, 6) is 0.271. The topological polar surface area (TPSA) is 89.1 Å². The maximum Gasteiger partial charge on any atom is 0.416 e. The van der Waals surface area contributed by atoms with Crippen LogP contribution < -0.4 is 10.1 Å². The highest BCUT2D eigenvalue weighted by Crippen LogP contribution is 2.36. The van der Waals surface area contributed by atoms with Crippen LogP contribution in [0.2, 0.25) is 0 Å². The van der Waals surface area contributed by atoms with Gasteiger partial charge in [-0.1, -0.05) is 6.07 Å². The van der Waals surface area contributed by atoms with E-state index in [0.717, 1.165) is 22.2 Å². The Hall–Kier alpha value is -4.29. The summed E-state index contributed by atoms with van der Waals surface area (Å²) in [6.07, 6.45) is -8.32. The fraction of sp³-hybridized carbons (Fsp3) is 0.345. The van der Waals surface area contributed by atoms with Crippen LogP contribution in [0.3, 0.4) is 0 Å². The smallest absolute Gasteiger partial charge is 0.416 e. The van der Waals surface area contributed by atoms with Crippen LogP contribution in [0.25, 0.3) is 22.0 Å². The lowest BCUT2D eigenvalue weighted by Gasteiger charge is -2.24. The van der Waals surface area contributed by atoms with E-state index in [1.54, 1.807) is 33.0 Å². The second-order valence-corrected chi connectivity index (χ2v) is 10.8. The number of benzene rings is 2. The number of hydrogen-bond donors (Lipinski definition) is 2. The second kappa shape index (κ2) is 11.5. The molecule has 13 heteroatoms. The van der Waals surface area contributed by atoms with E-state index in [4.69, 9.17) is 9.47 Å². The molecule has 0 aliphatic carbocycles. The molecule has 0 unspecified atom stereocenters. The minimum atomic E-state index is -5.01. The third kappa shape index (κ3) is 7.92.